The summed E-state index contributed by atoms with van der Waals surface area (Å²) in [5.41, 5.74) is -0.327. The van der Waals surface area contributed by atoms with Gasteiger partial charge in [-0.15, -0.1) is 0 Å². The van der Waals surface area contributed by atoms with E-state index in [9.17, 15) is 26.4 Å². The van der Waals surface area contributed by atoms with Crippen molar-refractivity contribution in [3.63, 3.8) is 0 Å². The van der Waals surface area contributed by atoms with Gasteiger partial charge in [0.25, 0.3) is 5.91 Å². The zero-order valence-electron chi connectivity index (χ0n) is 18.4. The fraction of sp³-hybridized carbons (Fsp3) is 0.174. The third-order valence-corrected chi connectivity index (χ3v) is 5.99. The first kappa shape index (κ1) is 24.9. The van der Waals surface area contributed by atoms with Crippen molar-refractivity contribution >= 4 is 27.3 Å². The molecule has 0 saturated carbocycles. The average Bonchev–Trinajstić information content (AvgIpc) is 2.82. The van der Waals surface area contributed by atoms with Crippen LogP contribution in [0, 0.1) is 17.5 Å². The number of halogens is 3. The number of nitrogens with one attached hydrogen (secondary N) is 1. The Morgan fingerprint density at radius 2 is 1.56 bits per heavy atom. The van der Waals surface area contributed by atoms with Crippen LogP contribution >= 0.6 is 0 Å². The van der Waals surface area contributed by atoms with Crippen LogP contribution in [0.2, 0.25) is 0 Å². The second-order valence-corrected chi connectivity index (χ2v) is 9.06. The van der Waals surface area contributed by atoms with Crippen molar-refractivity contribution in [1.29, 1.82) is 0 Å². The van der Waals surface area contributed by atoms with Crippen LogP contribution in [0.15, 0.2) is 54.6 Å². The van der Waals surface area contributed by atoms with Crippen molar-refractivity contribution in [3.05, 3.63) is 83.2 Å². The Kier molecular flexibility index (Phi) is 7.35. The summed E-state index contributed by atoms with van der Waals surface area (Å²) < 4.78 is 78.0. The molecule has 3 rings (SSSR count). The molecule has 0 aliphatic carbocycles. The lowest BCUT2D eigenvalue weighted by Gasteiger charge is -2.26. The standard InChI is InChI=1S/C23H21F3N2O5S/c1-32-19-11-15(23(29)27-17-10-9-16(24)21(25)22(17)26)18(12-20(19)33-2)28(34(3,30)31)13-14-7-5-4-6-8-14/h4-12H,13H2,1-3H3,(H,27,29). The number of ether oxygens (including phenoxy) is 2. The Balaban J connectivity index is 2.15. The SMILES string of the molecule is COc1cc(C(=O)Nc2ccc(F)c(F)c2F)c(N(Cc2ccccc2)S(C)(=O)=O)cc1OC. The van der Waals surface area contributed by atoms with Gasteiger partial charge in [-0.3, -0.25) is 9.10 Å². The summed E-state index contributed by atoms with van der Waals surface area (Å²) in [5.74, 6) is -5.53. The van der Waals surface area contributed by atoms with Gasteiger partial charge in [-0.25, -0.2) is 21.6 Å². The number of hydrogen-bond acceptors (Lipinski definition) is 5. The Hall–Kier alpha value is -3.73. The summed E-state index contributed by atoms with van der Waals surface area (Å²) in [6.45, 7) is -0.130. The van der Waals surface area contributed by atoms with Crippen molar-refractivity contribution in [2.75, 3.05) is 30.1 Å². The fourth-order valence-electron chi connectivity index (χ4n) is 3.20. The van der Waals surface area contributed by atoms with Crippen molar-refractivity contribution in [2.24, 2.45) is 0 Å². The van der Waals surface area contributed by atoms with Gasteiger partial charge in [0.15, 0.2) is 29.0 Å². The topological polar surface area (TPSA) is 84.9 Å². The Morgan fingerprint density at radius 1 is 0.941 bits per heavy atom. The number of carbonyl (C=O) groups is 1. The van der Waals surface area contributed by atoms with Crippen LogP contribution in [-0.4, -0.2) is 34.8 Å². The van der Waals surface area contributed by atoms with Crippen molar-refractivity contribution in [3.8, 4) is 11.5 Å². The Morgan fingerprint density at radius 3 is 2.15 bits per heavy atom. The lowest BCUT2D eigenvalue weighted by Crippen LogP contribution is -2.31. The molecule has 1 amide bonds. The summed E-state index contributed by atoms with van der Waals surface area (Å²) >= 11 is 0. The normalized spacial score (nSPS) is 11.1. The molecular formula is C23H21F3N2O5S. The van der Waals surface area contributed by atoms with Gasteiger partial charge in [0.1, 0.15) is 0 Å². The molecule has 34 heavy (non-hydrogen) atoms. The maximum Gasteiger partial charge on any atom is 0.258 e. The summed E-state index contributed by atoms with van der Waals surface area (Å²) in [5, 5.41) is 2.16. The van der Waals surface area contributed by atoms with Gasteiger partial charge in [-0.1, -0.05) is 30.3 Å². The van der Waals surface area contributed by atoms with Crippen molar-refractivity contribution in [1.82, 2.24) is 0 Å². The highest BCUT2D eigenvalue weighted by Crippen LogP contribution is 2.37. The van der Waals surface area contributed by atoms with Gasteiger partial charge in [0.05, 0.1) is 44.0 Å². The molecule has 0 fully saturated rings. The Labute approximate surface area is 194 Å². The van der Waals surface area contributed by atoms with Crippen molar-refractivity contribution in [2.45, 2.75) is 6.54 Å². The number of rotatable bonds is 8. The van der Waals surface area contributed by atoms with Crippen LogP contribution < -0.4 is 19.1 Å². The van der Waals surface area contributed by atoms with Crippen molar-refractivity contribution < 1.29 is 35.9 Å². The molecule has 0 aliphatic rings. The highest BCUT2D eigenvalue weighted by atomic mass is 32.2. The van der Waals surface area contributed by atoms with E-state index in [1.807, 2.05) is 0 Å². The number of nitrogens with zero attached hydrogens (tertiary/aromatic N) is 1. The van der Waals surface area contributed by atoms with Crippen LogP contribution in [0.5, 0.6) is 11.5 Å². The highest BCUT2D eigenvalue weighted by Gasteiger charge is 2.27. The first-order valence-corrected chi connectivity index (χ1v) is 11.6. The third-order valence-electron chi connectivity index (χ3n) is 4.87. The number of amides is 1. The van der Waals surface area contributed by atoms with E-state index in [4.69, 9.17) is 9.47 Å². The summed E-state index contributed by atoms with van der Waals surface area (Å²) in [4.78, 5) is 13.1. The molecule has 180 valence electrons. The van der Waals surface area contributed by atoms with E-state index in [1.165, 1.54) is 26.4 Å². The smallest absolute Gasteiger partial charge is 0.258 e. The second-order valence-electron chi connectivity index (χ2n) is 7.16. The number of anilines is 2. The molecule has 0 aromatic heterocycles. The highest BCUT2D eigenvalue weighted by molar-refractivity contribution is 7.92. The minimum atomic E-state index is -3.94. The number of carbonyl (C=O) groups excluding carboxylic acids is 1. The zero-order valence-corrected chi connectivity index (χ0v) is 19.3. The molecule has 0 heterocycles. The molecule has 0 spiro atoms. The van der Waals surface area contributed by atoms with Crippen LogP contribution in [-0.2, 0) is 16.6 Å². The molecule has 1 N–H and O–H groups in total. The van der Waals surface area contributed by atoms with E-state index >= 15 is 0 Å². The minimum absolute atomic E-state index is 0.0929. The van der Waals surface area contributed by atoms with E-state index < -0.39 is 39.1 Å². The molecule has 0 unspecified atom stereocenters. The molecular weight excluding hydrogens is 473 g/mol. The molecule has 7 nitrogen and oxygen atoms in total. The number of sulfonamides is 1. The van der Waals surface area contributed by atoms with E-state index in [0.717, 1.165) is 16.6 Å². The van der Waals surface area contributed by atoms with Crippen LogP contribution in [0.25, 0.3) is 0 Å². The maximum atomic E-state index is 14.2. The van der Waals surface area contributed by atoms with E-state index in [2.05, 4.69) is 5.32 Å². The maximum absolute atomic E-state index is 14.2. The van der Waals surface area contributed by atoms with Gasteiger partial charge in [-0.05, 0) is 23.8 Å². The second kappa shape index (κ2) is 10.0. The lowest BCUT2D eigenvalue weighted by molar-refractivity contribution is 0.102. The molecule has 11 heteroatoms. The van der Waals surface area contributed by atoms with Gasteiger partial charge >= 0.3 is 0 Å². The van der Waals surface area contributed by atoms with Crippen LogP contribution in [0.4, 0.5) is 24.5 Å². The molecule has 3 aromatic rings. The quantitative estimate of drug-likeness (QED) is 0.471. The summed E-state index contributed by atoms with van der Waals surface area (Å²) in [6.07, 6.45) is 0.962. The third kappa shape index (κ3) is 5.25. The largest absolute Gasteiger partial charge is 0.493 e. The molecule has 0 aliphatic heterocycles. The predicted molar refractivity (Wildman–Crippen MR) is 121 cm³/mol. The molecule has 0 bridgehead atoms. The van der Waals surface area contributed by atoms with Crippen LogP contribution in [0.1, 0.15) is 15.9 Å². The van der Waals surface area contributed by atoms with E-state index in [0.29, 0.717) is 11.6 Å². The van der Waals surface area contributed by atoms with Gasteiger partial charge in [0, 0.05) is 6.07 Å². The van der Waals surface area contributed by atoms with Gasteiger partial charge < -0.3 is 14.8 Å². The van der Waals surface area contributed by atoms with E-state index in [-0.39, 0.29) is 29.3 Å². The molecule has 0 radical (unpaired) electrons. The average molecular weight is 494 g/mol. The van der Waals surface area contributed by atoms with E-state index in [1.54, 1.807) is 30.3 Å². The lowest BCUT2D eigenvalue weighted by atomic mass is 10.1. The van der Waals surface area contributed by atoms with Gasteiger partial charge in [-0.2, -0.15) is 0 Å². The first-order valence-electron chi connectivity index (χ1n) is 9.79. The number of hydrogen-bond donors (Lipinski definition) is 1. The van der Waals surface area contributed by atoms with Crippen LogP contribution in [0.3, 0.4) is 0 Å². The summed E-state index contributed by atoms with van der Waals surface area (Å²) in [7, 11) is -1.29. The first-order chi connectivity index (χ1) is 16.1. The minimum Gasteiger partial charge on any atom is -0.493 e. The number of methoxy groups -OCH3 is 2. The monoisotopic (exact) mass is 494 g/mol. The molecule has 3 aromatic carbocycles. The zero-order chi connectivity index (χ0) is 25.0. The fourth-order valence-corrected chi connectivity index (χ4v) is 4.09. The molecule has 0 atom stereocenters. The molecule has 0 saturated heterocycles. The van der Waals surface area contributed by atoms with Gasteiger partial charge in [0.2, 0.25) is 10.0 Å². The summed E-state index contributed by atoms with van der Waals surface area (Å²) in [6, 6.07) is 12.6. The number of benzene rings is 3. The predicted octanol–water partition coefficient (Wildman–Crippen LogP) is 4.34. The Bertz CT molecular complexity index is 1320.